The molecule has 1 rings (SSSR count). The van der Waals surface area contributed by atoms with Crippen LogP contribution in [0, 0.1) is 13.8 Å². The molecule has 86 valence electrons. The third kappa shape index (κ3) is 7.56. The van der Waals surface area contributed by atoms with Gasteiger partial charge in [-0.3, -0.25) is 0 Å². The van der Waals surface area contributed by atoms with Gasteiger partial charge in [0, 0.05) is 6.08 Å². The van der Waals surface area contributed by atoms with Crippen LogP contribution in [0.15, 0.2) is 48.6 Å². The van der Waals surface area contributed by atoms with E-state index in [0.717, 1.165) is 6.08 Å². The first-order valence-electron chi connectivity index (χ1n) is 5.12. The average molecular weight is 218 g/mol. The molecule has 1 N–H and O–H groups in total. The quantitative estimate of drug-likeness (QED) is 0.609. The topological polar surface area (TPSA) is 37.3 Å². The molecule has 0 aliphatic heterocycles. The minimum absolute atomic E-state index is 0.914. The Kier molecular flexibility index (Phi) is 7.51. The Morgan fingerprint density at radius 2 is 1.62 bits per heavy atom. The number of rotatable bonds is 2. The summed E-state index contributed by atoms with van der Waals surface area (Å²) in [6.07, 6.45) is 5.98. The van der Waals surface area contributed by atoms with Crippen molar-refractivity contribution >= 4 is 5.97 Å². The standard InChI is InChI=1S/C8H10.C6H8O2/c1-7-5-3-4-6-8(7)2;1-2-3-4-5-6(7)8/h3-6H,1-2H3;2-5H,1H3,(H,7,8)/b;3-2+,5-4+. The molecule has 0 fully saturated rings. The number of carboxylic acid groups (broad SMARTS) is 1. The van der Waals surface area contributed by atoms with Gasteiger partial charge in [-0.15, -0.1) is 0 Å². The summed E-state index contributed by atoms with van der Waals surface area (Å²) in [5, 5.41) is 8.02. The van der Waals surface area contributed by atoms with E-state index in [1.54, 1.807) is 12.2 Å². The van der Waals surface area contributed by atoms with Crippen LogP contribution in [0.5, 0.6) is 0 Å². The lowest BCUT2D eigenvalue weighted by Crippen LogP contribution is -1.83. The first-order valence-corrected chi connectivity index (χ1v) is 5.12. The molecule has 2 heteroatoms. The lowest BCUT2D eigenvalue weighted by Gasteiger charge is -1.93. The van der Waals surface area contributed by atoms with Crippen LogP contribution >= 0.6 is 0 Å². The van der Waals surface area contributed by atoms with E-state index in [1.807, 2.05) is 6.92 Å². The summed E-state index contributed by atoms with van der Waals surface area (Å²) in [5.74, 6) is -0.914. The Labute approximate surface area is 96.9 Å². The van der Waals surface area contributed by atoms with Crippen LogP contribution in [0.25, 0.3) is 0 Å². The third-order valence-electron chi connectivity index (χ3n) is 1.97. The molecule has 0 saturated heterocycles. The largest absolute Gasteiger partial charge is 0.478 e. The van der Waals surface area contributed by atoms with Crippen molar-refractivity contribution in [1.82, 2.24) is 0 Å². The number of allylic oxidation sites excluding steroid dienone is 3. The van der Waals surface area contributed by atoms with Crippen molar-refractivity contribution in [3.63, 3.8) is 0 Å². The van der Waals surface area contributed by atoms with Crippen molar-refractivity contribution in [2.75, 3.05) is 0 Å². The Hall–Kier alpha value is -1.83. The minimum atomic E-state index is -0.914. The maximum absolute atomic E-state index is 9.75. The normalized spacial score (nSPS) is 10.2. The summed E-state index contributed by atoms with van der Waals surface area (Å²) in [4.78, 5) is 9.75. The highest BCUT2D eigenvalue weighted by molar-refractivity contribution is 5.80. The van der Waals surface area contributed by atoms with Gasteiger partial charge in [0.1, 0.15) is 0 Å². The predicted octanol–water partition coefficient (Wildman–Crippen LogP) is 3.51. The molecule has 0 bridgehead atoms. The summed E-state index contributed by atoms with van der Waals surface area (Å²) < 4.78 is 0. The van der Waals surface area contributed by atoms with Crippen LogP contribution in [0.3, 0.4) is 0 Å². The summed E-state index contributed by atoms with van der Waals surface area (Å²) >= 11 is 0. The molecule has 0 aromatic heterocycles. The molecule has 16 heavy (non-hydrogen) atoms. The Morgan fingerprint density at radius 3 is 1.94 bits per heavy atom. The SMILES string of the molecule is C/C=C/C=C/C(=O)O.Cc1ccccc1C. The number of aliphatic carboxylic acids is 1. The number of carbonyl (C=O) groups is 1. The van der Waals surface area contributed by atoms with E-state index >= 15 is 0 Å². The zero-order chi connectivity index (χ0) is 12.4. The average Bonchev–Trinajstić information content (AvgIpc) is 2.23. The fraction of sp³-hybridized carbons (Fsp3) is 0.214. The molecule has 0 aliphatic rings. The summed E-state index contributed by atoms with van der Waals surface area (Å²) in [6, 6.07) is 8.36. The fourth-order valence-electron chi connectivity index (χ4n) is 0.912. The zero-order valence-corrected chi connectivity index (χ0v) is 9.97. The highest BCUT2D eigenvalue weighted by Gasteiger charge is 1.83. The van der Waals surface area contributed by atoms with E-state index in [4.69, 9.17) is 5.11 Å². The van der Waals surface area contributed by atoms with Crippen LogP contribution in [0.1, 0.15) is 18.1 Å². The lowest BCUT2D eigenvalue weighted by atomic mass is 10.1. The molecule has 0 radical (unpaired) electrons. The van der Waals surface area contributed by atoms with Gasteiger partial charge in [-0.05, 0) is 31.9 Å². The fourth-order valence-corrected chi connectivity index (χ4v) is 0.912. The molecule has 0 spiro atoms. The van der Waals surface area contributed by atoms with E-state index in [-0.39, 0.29) is 0 Å². The molecule has 0 atom stereocenters. The van der Waals surface area contributed by atoms with Gasteiger partial charge in [-0.1, -0.05) is 42.5 Å². The molecule has 0 heterocycles. The van der Waals surface area contributed by atoms with Crippen molar-refractivity contribution in [3.05, 3.63) is 59.7 Å². The lowest BCUT2D eigenvalue weighted by molar-refractivity contribution is -0.131. The van der Waals surface area contributed by atoms with E-state index in [2.05, 4.69) is 38.1 Å². The van der Waals surface area contributed by atoms with Gasteiger partial charge in [-0.25, -0.2) is 4.79 Å². The molecule has 0 saturated carbocycles. The predicted molar refractivity (Wildman–Crippen MR) is 67.5 cm³/mol. The second kappa shape index (κ2) is 8.48. The molecule has 0 unspecified atom stereocenters. The highest BCUT2D eigenvalue weighted by Crippen LogP contribution is 2.02. The van der Waals surface area contributed by atoms with Crippen LogP contribution in [0.4, 0.5) is 0 Å². The molecular formula is C14H18O2. The summed E-state index contributed by atoms with van der Waals surface area (Å²) in [6.45, 7) is 6.07. The van der Waals surface area contributed by atoms with Crippen molar-refractivity contribution in [2.24, 2.45) is 0 Å². The first-order chi connectivity index (χ1) is 7.57. The van der Waals surface area contributed by atoms with Gasteiger partial charge in [0.05, 0.1) is 0 Å². The zero-order valence-electron chi connectivity index (χ0n) is 9.97. The number of hydrogen-bond acceptors (Lipinski definition) is 1. The van der Waals surface area contributed by atoms with Crippen LogP contribution in [-0.2, 0) is 4.79 Å². The van der Waals surface area contributed by atoms with Crippen LogP contribution < -0.4 is 0 Å². The van der Waals surface area contributed by atoms with Gasteiger partial charge >= 0.3 is 5.97 Å². The molecular weight excluding hydrogens is 200 g/mol. The number of aryl methyl sites for hydroxylation is 2. The number of benzene rings is 1. The molecule has 2 nitrogen and oxygen atoms in total. The maximum atomic E-state index is 9.75. The van der Waals surface area contributed by atoms with Crippen LogP contribution in [0.2, 0.25) is 0 Å². The third-order valence-corrected chi connectivity index (χ3v) is 1.97. The minimum Gasteiger partial charge on any atom is -0.478 e. The second-order valence-corrected chi connectivity index (χ2v) is 3.31. The van der Waals surface area contributed by atoms with Crippen molar-refractivity contribution in [1.29, 1.82) is 0 Å². The Balaban J connectivity index is 0.000000281. The van der Waals surface area contributed by atoms with Crippen molar-refractivity contribution < 1.29 is 9.90 Å². The van der Waals surface area contributed by atoms with Gasteiger partial charge in [0.25, 0.3) is 0 Å². The number of carboxylic acids is 1. The van der Waals surface area contributed by atoms with E-state index in [0.29, 0.717) is 0 Å². The molecule has 1 aromatic rings. The van der Waals surface area contributed by atoms with Crippen LogP contribution in [-0.4, -0.2) is 11.1 Å². The van der Waals surface area contributed by atoms with Crippen molar-refractivity contribution in [3.8, 4) is 0 Å². The first kappa shape index (κ1) is 14.2. The molecule has 0 amide bonds. The van der Waals surface area contributed by atoms with E-state index in [1.165, 1.54) is 17.2 Å². The second-order valence-electron chi connectivity index (χ2n) is 3.31. The number of hydrogen-bond donors (Lipinski definition) is 1. The maximum Gasteiger partial charge on any atom is 0.328 e. The van der Waals surface area contributed by atoms with Gasteiger partial charge in [-0.2, -0.15) is 0 Å². The summed E-state index contributed by atoms with van der Waals surface area (Å²) in [7, 11) is 0. The summed E-state index contributed by atoms with van der Waals surface area (Å²) in [5.41, 5.74) is 2.74. The van der Waals surface area contributed by atoms with Gasteiger partial charge < -0.3 is 5.11 Å². The monoisotopic (exact) mass is 218 g/mol. The molecule has 0 aliphatic carbocycles. The molecule has 1 aromatic carbocycles. The van der Waals surface area contributed by atoms with Crippen molar-refractivity contribution in [2.45, 2.75) is 20.8 Å². The van der Waals surface area contributed by atoms with Gasteiger partial charge in [0.2, 0.25) is 0 Å². The smallest absolute Gasteiger partial charge is 0.328 e. The van der Waals surface area contributed by atoms with E-state index in [9.17, 15) is 4.79 Å². The Bertz CT molecular complexity index is 355. The van der Waals surface area contributed by atoms with E-state index < -0.39 is 5.97 Å². The highest BCUT2D eigenvalue weighted by atomic mass is 16.4. The van der Waals surface area contributed by atoms with Gasteiger partial charge in [0.15, 0.2) is 0 Å². The Morgan fingerprint density at radius 1 is 1.12 bits per heavy atom.